The van der Waals surface area contributed by atoms with E-state index in [2.05, 4.69) is 27.2 Å². The van der Waals surface area contributed by atoms with Crippen LogP contribution in [-0.2, 0) is 17.8 Å². The Hall–Kier alpha value is -2.33. The first-order chi connectivity index (χ1) is 23.5. The number of aliphatic hydroxyl groups is 5. The number of rotatable bonds is 15. The number of hydrogen-bond acceptors (Lipinski definition) is 10. The van der Waals surface area contributed by atoms with E-state index in [0.29, 0.717) is 48.6 Å². The third kappa shape index (κ3) is 9.32. The molecular weight excluding hydrogens is 693 g/mol. The largest absolute Gasteiger partial charge is 0.394 e. The molecule has 3 aliphatic rings. The highest BCUT2D eigenvalue weighted by Crippen LogP contribution is 2.41. The monoisotopic (exact) mass is 739 g/mol. The van der Waals surface area contributed by atoms with Crippen LogP contribution in [0.15, 0.2) is 36.4 Å². The van der Waals surface area contributed by atoms with Crippen LogP contribution in [0.4, 0.5) is 16.2 Å². The van der Waals surface area contributed by atoms with E-state index < -0.39 is 37.1 Å². The Bertz CT molecular complexity index is 1460. The molecule has 2 aromatic rings. The number of benzene rings is 2. The number of aryl methyl sites for hydroxylation is 1. The Labute approximate surface area is 301 Å². The number of carbonyl (C=O) groups is 2. The zero-order valence-corrected chi connectivity index (χ0v) is 30.0. The van der Waals surface area contributed by atoms with Crippen molar-refractivity contribution in [1.82, 2.24) is 15.1 Å². The van der Waals surface area contributed by atoms with Crippen molar-refractivity contribution < 1.29 is 35.1 Å². The van der Waals surface area contributed by atoms with Gasteiger partial charge in [-0.15, -0.1) is 11.8 Å². The van der Waals surface area contributed by atoms with Gasteiger partial charge in [-0.3, -0.25) is 9.69 Å². The van der Waals surface area contributed by atoms with E-state index in [0.717, 1.165) is 52.0 Å². The number of carbonyl (C=O) groups excluding carboxylic acids is 2. The lowest BCUT2D eigenvalue weighted by molar-refractivity contribution is -0.122. The van der Waals surface area contributed by atoms with Gasteiger partial charge in [-0.05, 0) is 67.5 Å². The van der Waals surface area contributed by atoms with Crippen molar-refractivity contribution in [1.29, 1.82) is 0 Å². The van der Waals surface area contributed by atoms with Gasteiger partial charge in [0.25, 0.3) is 0 Å². The van der Waals surface area contributed by atoms with E-state index in [1.165, 1.54) is 19.9 Å². The summed E-state index contributed by atoms with van der Waals surface area (Å²) in [6.45, 7) is 1.33. The molecule has 12 nitrogen and oxygen atoms in total. The summed E-state index contributed by atoms with van der Waals surface area (Å²) in [6.07, 6.45) is -2.20. The molecule has 6 N–H and O–H groups in total. The van der Waals surface area contributed by atoms with Gasteiger partial charge in [0.2, 0.25) is 5.91 Å². The second-order valence-electron chi connectivity index (χ2n) is 13.1. The molecule has 5 atom stereocenters. The van der Waals surface area contributed by atoms with Crippen molar-refractivity contribution in [3.63, 3.8) is 0 Å². The topological polar surface area (TPSA) is 160 Å². The summed E-state index contributed by atoms with van der Waals surface area (Å²) in [5, 5.41) is 52.2. The zero-order chi connectivity index (χ0) is 35.2. The minimum atomic E-state index is -1.76. The fraction of sp³-hybridized carbons (Fsp3) is 0.588. The predicted octanol–water partition coefficient (Wildman–Crippen LogP) is 2.28. The Morgan fingerprint density at radius 1 is 0.980 bits per heavy atom. The smallest absolute Gasteiger partial charge is 0.317 e. The van der Waals surface area contributed by atoms with Crippen molar-refractivity contribution in [3.05, 3.63) is 57.6 Å². The zero-order valence-electron chi connectivity index (χ0n) is 27.6. The number of aliphatic hydroxyl groups excluding tert-OH is 5. The van der Waals surface area contributed by atoms with Crippen LogP contribution in [0.25, 0.3) is 0 Å². The minimum Gasteiger partial charge on any atom is -0.394 e. The predicted molar refractivity (Wildman–Crippen MR) is 192 cm³/mol. The van der Waals surface area contributed by atoms with E-state index >= 15 is 0 Å². The van der Waals surface area contributed by atoms with Gasteiger partial charge in [-0.2, -0.15) is 0 Å². The number of unbranched alkanes of at least 4 members (excludes halogenated alkanes) is 1. The maximum absolute atomic E-state index is 14.0. The van der Waals surface area contributed by atoms with Gasteiger partial charge < -0.3 is 45.5 Å². The van der Waals surface area contributed by atoms with Gasteiger partial charge in [0, 0.05) is 60.9 Å². The van der Waals surface area contributed by atoms with Crippen molar-refractivity contribution in [2.45, 2.75) is 75.1 Å². The Morgan fingerprint density at radius 3 is 2.37 bits per heavy atom. The molecule has 270 valence electrons. The van der Waals surface area contributed by atoms with E-state index in [9.17, 15) is 30.0 Å². The van der Waals surface area contributed by atoms with E-state index in [4.69, 9.17) is 28.3 Å². The lowest BCUT2D eigenvalue weighted by atomic mass is 10.0. The first-order valence-electron chi connectivity index (χ1n) is 16.8. The van der Waals surface area contributed by atoms with E-state index in [1.807, 2.05) is 29.2 Å². The molecule has 49 heavy (non-hydrogen) atoms. The first kappa shape index (κ1) is 37.9. The molecule has 0 spiro atoms. The van der Waals surface area contributed by atoms with Crippen LogP contribution in [0.5, 0.6) is 0 Å². The van der Waals surface area contributed by atoms with Crippen LogP contribution >= 0.6 is 35.0 Å². The second-order valence-corrected chi connectivity index (χ2v) is 14.9. The normalized spacial score (nSPS) is 20.4. The second kappa shape index (κ2) is 17.3. The molecule has 1 saturated carbocycles. The molecule has 0 aromatic heterocycles. The quantitative estimate of drug-likeness (QED) is 0.150. The van der Waals surface area contributed by atoms with Crippen LogP contribution in [-0.4, -0.2) is 135 Å². The van der Waals surface area contributed by atoms with Crippen molar-refractivity contribution in [2.75, 3.05) is 61.3 Å². The van der Waals surface area contributed by atoms with Crippen LogP contribution in [0.3, 0.4) is 0 Å². The number of hydrogen-bond donors (Lipinski definition) is 6. The number of para-hydroxylation sites is 2. The van der Waals surface area contributed by atoms with Gasteiger partial charge in [0.15, 0.2) is 0 Å². The fourth-order valence-electron chi connectivity index (χ4n) is 6.38. The third-order valence-corrected chi connectivity index (χ3v) is 11.2. The summed E-state index contributed by atoms with van der Waals surface area (Å²) in [7, 11) is 1.43. The molecule has 5 rings (SSSR count). The van der Waals surface area contributed by atoms with Crippen LogP contribution in [0.1, 0.15) is 36.8 Å². The average molecular weight is 741 g/mol. The maximum Gasteiger partial charge on any atom is 0.317 e. The number of nitrogens with zero attached hydrogens (tertiary/aromatic N) is 4. The molecular formula is C34H47Cl2N5O7S. The molecule has 2 aliphatic heterocycles. The highest BCUT2D eigenvalue weighted by molar-refractivity contribution is 7.99. The van der Waals surface area contributed by atoms with Gasteiger partial charge >= 0.3 is 6.03 Å². The number of fused-ring (bicyclic) bond motifs is 1. The molecule has 2 fully saturated rings. The number of halogens is 2. The third-order valence-electron chi connectivity index (χ3n) is 9.43. The molecule has 1 saturated heterocycles. The number of urea groups is 1. The molecule has 2 aromatic carbocycles. The van der Waals surface area contributed by atoms with E-state index in [1.54, 1.807) is 11.8 Å². The first-order valence-corrected chi connectivity index (χ1v) is 18.7. The Balaban J connectivity index is 1.09. The highest BCUT2D eigenvalue weighted by Gasteiger charge is 2.40. The Morgan fingerprint density at radius 2 is 1.65 bits per heavy atom. The van der Waals surface area contributed by atoms with Crippen LogP contribution in [0.2, 0.25) is 10.0 Å². The molecule has 2 heterocycles. The highest BCUT2D eigenvalue weighted by atomic mass is 35.5. The van der Waals surface area contributed by atoms with Crippen molar-refractivity contribution >= 4 is 58.3 Å². The van der Waals surface area contributed by atoms with Gasteiger partial charge in [0.05, 0.1) is 30.6 Å². The number of amides is 3. The fourth-order valence-corrected chi connectivity index (χ4v) is 8.10. The molecule has 3 amide bonds. The molecule has 15 heteroatoms. The molecule has 0 unspecified atom stereocenters. The lowest BCUT2D eigenvalue weighted by Crippen LogP contribution is -2.52. The maximum atomic E-state index is 14.0. The summed E-state index contributed by atoms with van der Waals surface area (Å²) in [5.41, 5.74) is 3.90. The van der Waals surface area contributed by atoms with Gasteiger partial charge in [-0.25, -0.2) is 4.79 Å². The molecule has 1 aliphatic carbocycles. The summed E-state index contributed by atoms with van der Waals surface area (Å²) in [5.74, 6) is 1.57. The SMILES string of the molecule is CN(C[C@H](O)[C@@H](O)[C@H](O)[C@H](O)CO)C(=O)NCCCCc1cc(Cl)c(CN2CSC[C@H]2C(=O)N2CCN(C3CC3)c3ccccc32)cc1Cl. The minimum absolute atomic E-state index is 0.121. The van der Waals surface area contributed by atoms with Crippen molar-refractivity contribution in [3.8, 4) is 0 Å². The van der Waals surface area contributed by atoms with Crippen LogP contribution in [0, 0.1) is 0 Å². The summed E-state index contributed by atoms with van der Waals surface area (Å²) in [6, 6.07) is 11.8. The van der Waals surface area contributed by atoms with E-state index in [-0.39, 0.29) is 18.5 Å². The lowest BCUT2D eigenvalue weighted by Gasteiger charge is -2.39. The summed E-state index contributed by atoms with van der Waals surface area (Å²) in [4.78, 5) is 34.1. The summed E-state index contributed by atoms with van der Waals surface area (Å²) < 4.78 is 0. The summed E-state index contributed by atoms with van der Waals surface area (Å²) >= 11 is 15.2. The van der Waals surface area contributed by atoms with Gasteiger partial charge in [0.1, 0.15) is 24.4 Å². The molecule has 0 bridgehead atoms. The Kier molecular flexibility index (Phi) is 13.4. The van der Waals surface area contributed by atoms with Crippen LogP contribution < -0.4 is 15.1 Å². The number of thioether (sulfide) groups is 1. The molecule has 0 radical (unpaired) electrons. The van der Waals surface area contributed by atoms with Gasteiger partial charge in [-0.1, -0.05) is 35.3 Å². The number of likely N-dealkylation sites (N-methyl/N-ethyl adjacent to an activating group) is 1. The standard InChI is InChI=1S/C34H47Cl2N5O7S/c1-38(17-29(43)31(45)32(46)30(44)18-42)34(48)37-11-5-4-6-21-14-25(36)22(15-24(21)35)16-39-20-49-19-28(39)33(47)41-13-12-40(23-9-10-23)26-7-2-3-8-27(26)41/h2-3,7-8,14-15,23,28-32,42-46H,4-6,9-13,16-20H2,1H3,(H,37,48)/t28-,29-,30+,31+,32+/m0/s1. The number of anilines is 2. The average Bonchev–Trinajstić information content (AvgIpc) is 3.85. The number of nitrogens with one attached hydrogen (secondary N) is 1. The van der Waals surface area contributed by atoms with Crippen molar-refractivity contribution in [2.24, 2.45) is 0 Å².